The van der Waals surface area contributed by atoms with E-state index in [9.17, 15) is 4.79 Å². The average Bonchev–Trinajstić information content (AvgIpc) is 2.61. The Balaban J connectivity index is 3.23. The summed E-state index contributed by atoms with van der Waals surface area (Å²) in [4.78, 5) is 12.7. The van der Waals surface area contributed by atoms with Crippen LogP contribution in [0.2, 0.25) is 0 Å². The number of nitrogens with one attached hydrogen (secondary N) is 1. The second kappa shape index (κ2) is 10.7. The molecule has 1 aromatic rings. The van der Waals surface area contributed by atoms with E-state index in [0.717, 1.165) is 17.7 Å². The van der Waals surface area contributed by atoms with Gasteiger partial charge in [-0.25, -0.2) is 4.79 Å². The van der Waals surface area contributed by atoms with Crippen molar-refractivity contribution >= 4 is 5.97 Å². The molecule has 0 aromatic heterocycles. The molecule has 1 unspecified atom stereocenters. The Kier molecular flexibility index (Phi) is 8.87. The molecule has 132 valence electrons. The van der Waals surface area contributed by atoms with Crippen LogP contribution in [-0.2, 0) is 14.3 Å². The lowest BCUT2D eigenvalue weighted by Gasteiger charge is -2.23. The van der Waals surface area contributed by atoms with Crippen molar-refractivity contribution in [3.8, 4) is 0 Å². The van der Waals surface area contributed by atoms with Crippen LogP contribution < -0.4 is 5.32 Å². The zero-order valence-corrected chi connectivity index (χ0v) is 15.4. The molecule has 1 rings (SSSR count). The zero-order chi connectivity index (χ0) is 17.9. The lowest BCUT2D eigenvalue weighted by Crippen LogP contribution is -2.22. The van der Waals surface area contributed by atoms with Crippen molar-refractivity contribution in [3.63, 3.8) is 0 Å². The van der Waals surface area contributed by atoms with Crippen LogP contribution in [0.15, 0.2) is 53.3 Å². The highest BCUT2D eigenvalue weighted by molar-refractivity contribution is 5.91. The molecule has 0 radical (unpaired) electrons. The van der Waals surface area contributed by atoms with Crippen molar-refractivity contribution in [2.75, 3.05) is 27.4 Å². The summed E-state index contributed by atoms with van der Waals surface area (Å²) in [6.45, 7) is 6.65. The van der Waals surface area contributed by atoms with E-state index in [1.54, 1.807) is 7.11 Å². The first-order valence-electron chi connectivity index (χ1n) is 8.26. The highest BCUT2D eigenvalue weighted by Crippen LogP contribution is 2.33. The molecule has 0 saturated carbocycles. The Bertz CT molecular complexity index is 576. The van der Waals surface area contributed by atoms with Crippen molar-refractivity contribution in [1.29, 1.82) is 0 Å². The van der Waals surface area contributed by atoms with Gasteiger partial charge in [0.1, 0.15) is 6.61 Å². The fourth-order valence-corrected chi connectivity index (χ4v) is 2.50. The summed E-state index contributed by atoms with van der Waals surface area (Å²) in [5.41, 5.74) is 3.83. The Morgan fingerprint density at radius 3 is 2.42 bits per heavy atom. The summed E-state index contributed by atoms with van der Waals surface area (Å²) in [5, 5.41) is 3.11. The number of esters is 1. The predicted molar refractivity (Wildman–Crippen MR) is 97.8 cm³/mol. The van der Waals surface area contributed by atoms with Crippen LogP contribution in [0.25, 0.3) is 0 Å². The minimum absolute atomic E-state index is 0.0510. The van der Waals surface area contributed by atoms with Gasteiger partial charge in [0, 0.05) is 25.8 Å². The van der Waals surface area contributed by atoms with Crippen molar-refractivity contribution < 1.29 is 14.3 Å². The summed E-state index contributed by atoms with van der Waals surface area (Å²) < 4.78 is 10.4. The van der Waals surface area contributed by atoms with Gasteiger partial charge < -0.3 is 14.8 Å². The summed E-state index contributed by atoms with van der Waals surface area (Å²) in [7, 11) is 3.41. The summed E-state index contributed by atoms with van der Waals surface area (Å²) in [5.74, 6) is -0.346. The number of allylic oxidation sites excluding steroid dienone is 3. The van der Waals surface area contributed by atoms with Crippen LogP contribution in [0, 0.1) is 0 Å². The molecule has 4 heteroatoms. The Labute approximate surface area is 145 Å². The smallest absolute Gasteiger partial charge is 0.336 e. The molecule has 0 aliphatic carbocycles. The molecule has 1 N–H and O–H groups in total. The van der Waals surface area contributed by atoms with Gasteiger partial charge in [-0.15, -0.1) is 0 Å². The van der Waals surface area contributed by atoms with Crippen LogP contribution in [0.1, 0.15) is 38.7 Å². The van der Waals surface area contributed by atoms with Gasteiger partial charge in [0.2, 0.25) is 0 Å². The number of hydrogen-bond acceptors (Lipinski definition) is 4. The van der Waals surface area contributed by atoms with Gasteiger partial charge in [0.25, 0.3) is 0 Å². The van der Waals surface area contributed by atoms with Crippen molar-refractivity contribution in [2.24, 2.45) is 0 Å². The van der Waals surface area contributed by atoms with Crippen LogP contribution in [0.4, 0.5) is 0 Å². The number of methoxy groups -OCH3 is 1. The van der Waals surface area contributed by atoms with Crippen LogP contribution >= 0.6 is 0 Å². The van der Waals surface area contributed by atoms with Gasteiger partial charge in [0.05, 0.1) is 12.2 Å². The Hall–Kier alpha value is -2.07. The molecule has 24 heavy (non-hydrogen) atoms. The number of carbonyl (C=O) groups is 1. The molecule has 0 aliphatic heterocycles. The van der Waals surface area contributed by atoms with Crippen molar-refractivity contribution in [3.05, 3.63) is 58.8 Å². The minimum Gasteiger partial charge on any atom is -0.460 e. The molecule has 0 saturated heterocycles. The van der Waals surface area contributed by atoms with E-state index in [2.05, 4.69) is 30.4 Å². The van der Waals surface area contributed by atoms with E-state index >= 15 is 0 Å². The maximum Gasteiger partial charge on any atom is 0.336 e. The van der Waals surface area contributed by atoms with E-state index in [0.29, 0.717) is 12.2 Å². The third-order valence-electron chi connectivity index (χ3n) is 4.09. The molecular formula is C20H29NO3. The fourth-order valence-electron chi connectivity index (χ4n) is 2.50. The monoisotopic (exact) mass is 331 g/mol. The van der Waals surface area contributed by atoms with Gasteiger partial charge >= 0.3 is 5.97 Å². The van der Waals surface area contributed by atoms with Gasteiger partial charge in [-0.2, -0.15) is 0 Å². The molecule has 4 nitrogen and oxygen atoms in total. The molecule has 1 atom stereocenters. The van der Waals surface area contributed by atoms with Gasteiger partial charge in [-0.1, -0.05) is 42.0 Å². The lowest BCUT2D eigenvalue weighted by molar-refractivity contribution is -0.140. The second-order valence-electron chi connectivity index (χ2n) is 5.72. The third-order valence-corrected chi connectivity index (χ3v) is 4.09. The Morgan fingerprint density at radius 2 is 1.88 bits per heavy atom. The Morgan fingerprint density at radius 1 is 1.21 bits per heavy atom. The maximum absolute atomic E-state index is 12.7. The summed E-state index contributed by atoms with van der Waals surface area (Å²) in [6.07, 6.45) is 2.85. The van der Waals surface area contributed by atoms with E-state index in [4.69, 9.17) is 9.47 Å². The minimum atomic E-state index is -0.295. The van der Waals surface area contributed by atoms with Gasteiger partial charge in [-0.3, -0.25) is 0 Å². The van der Waals surface area contributed by atoms with Crippen LogP contribution in [-0.4, -0.2) is 33.3 Å². The molecule has 1 aromatic carbocycles. The lowest BCUT2D eigenvalue weighted by atomic mass is 9.84. The maximum atomic E-state index is 12.7. The molecule has 0 amide bonds. The number of rotatable bonds is 9. The predicted octanol–water partition coefficient (Wildman–Crippen LogP) is 3.81. The fraction of sp³-hybridized carbons (Fsp3) is 0.450. The number of benzene rings is 1. The quantitative estimate of drug-likeness (QED) is 0.323. The highest BCUT2D eigenvalue weighted by Gasteiger charge is 2.26. The SMILES string of the molecule is C/C=C(\C)CC(/C(C(=O)OCCOC)=C(/C)NC)c1ccccc1. The standard InChI is InChI=1S/C20H29NO3/c1-6-15(2)14-18(17-10-8-7-9-11-17)19(16(3)21-4)20(22)24-13-12-23-5/h6-11,18,21H,12-14H2,1-5H3/b15-6+,19-16+. The van der Waals surface area contributed by atoms with E-state index in [1.807, 2.05) is 39.1 Å². The summed E-state index contributed by atoms with van der Waals surface area (Å²) >= 11 is 0. The second-order valence-corrected chi connectivity index (χ2v) is 5.72. The van der Waals surface area contributed by atoms with Crippen LogP contribution in [0.5, 0.6) is 0 Å². The molecule has 0 spiro atoms. The number of hydrogen-bond donors (Lipinski definition) is 1. The molecule has 0 fully saturated rings. The van der Waals surface area contributed by atoms with Gasteiger partial charge in [-0.05, 0) is 32.8 Å². The topological polar surface area (TPSA) is 47.6 Å². The first-order chi connectivity index (χ1) is 11.5. The average molecular weight is 331 g/mol. The molecule has 0 bridgehead atoms. The van der Waals surface area contributed by atoms with E-state index < -0.39 is 0 Å². The number of ether oxygens (including phenoxy) is 2. The molecular weight excluding hydrogens is 302 g/mol. The third kappa shape index (κ3) is 5.85. The summed E-state index contributed by atoms with van der Waals surface area (Å²) in [6, 6.07) is 10.1. The van der Waals surface area contributed by atoms with Crippen LogP contribution in [0.3, 0.4) is 0 Å². The first kappa shape index (κ1) is 20.0. The first-order valence-corrected chi connectivity index (χ1v) is 8.26. The number of carbonyl (C=O) groups excluding carboxylic acids is 1. The molecule has 0 aliphatic rings. The van der Waals surface area contributed by atoms with Crippen molar-refractivity contribution in [1.82, 2.24) is 5.32 Å². The molecule has 0 heterocycles. The highest BCUT2D eigenvalue weighted by atomic mass is 16.6. The zero-order valence-electron chi connectivity index (χ0n) is 15.4. The van der Waals surface area contributed by atoms with E-state index in [1.165, 1.54) is 5.57 Å². The van der Waals surface area contributed by atoms with E-state index in [-0.39, 0.29) is 18.5 Å². The van der Waals surface area contributed by atoms with Crippen molar-refractivity contribution in [2.45, 2.75) is 33.1 Å². The van der Waals surface area contributed by atoms with Gasteiger partial charge in [0.15, 0.2) is 0 Å². The normalized spacial score (nSPS) is 14.0. The largest absolute Gasteiger partial charge is 0.460 e.